The number of nitrogens with one attached hydrogen (secondary N) is 1. The van der Waals surface area contributed by atoms with Crippen LogP contribution in [0.25, 0.3) is 10.1 Å². The summed E-state index contributed by atoms with van der Waals surface area (Å²) < 4.78 is 15.2. The zero-order chi connectivity index (χ0) is 21.5. The van der Waals surface area contributed by atoms with E-state index in [0.29, 0.717) is 0 Å². The lowest BCUT2D eigenvalue weighted by molar-refractivity contribution is 0.176. The minimum Gasteiger partial charge on any atom is -0.353 e. The molecule has 6 heteroatoms. The van der Waals surface area contributed by atoms with Crippen molar-refractivity contribution in [2.24, 2.45) is 4.99 Å². The summed E-state index contributed by atoms with van der Waals surface area (Å²) in [7, 11) is 0. The molecule has 2 aliphatic rings. The number of fused-ring (bicyclic) bond motifs is 4. The summed E-state index contributed by atoms with van der Waals surface area (Å²) >= 11 is 1.70. The third kappa shape index (κ3) is 3.55. The first-order valence-electron chi connectivity index (χ1n) is 10.9. The fourth-order valence-electron chi connectivity index (χ4n) is 4.54. The standard InChI is InChI=1S/C26H23FN4S/c27-19-10-11-21-22(16-19)29-26-24(20-8-4-5-9-23(20)32-26)25(28-21)31-14-12-30(13-15-31)17-18-6-2-1-3-7-18/h1-11,16,29H,12-15,17H2. The minimum atomic E-state index is -0.257. The van der Waals surface area contributed by atoms with Crippen molar-refractivity contribution in [3.8, 4) is 0 Å². The number of rotatable bonds is 2. The molecule has 32 heavy (non-hydrogen) atoms. The molecule has 1 fully saturated rings. The molecule has 6 rings (SSSR count). The Hall–Kier alpha value is -3.22. The maximum atomic E-state index is 14.0. The number of amidine groups is 1. The Bertz CT molecular complexity index is 1310. The molecule has 4 nitrogen and oxygen atoms in total. The van der Waals surface area contributed by atoms with Crippen LogP contribution in [0.5, 0.6) is 0 Å². The van der Waals surface area contributed by atoms with E-state index in [9.17, 15) is 4.39 Å². The van der Waals surface area contributed by atoms with Gasteiger partial charge in [0.15, 0.2) is 0 Å². The highest BCUT2D eigenvalue weighted by Crippen LogP contribution is 2.43. The fraction of sp³-hybridized carbons (Fsp3) is 0.192. The van der Waals surface area contributed by atoms with Gasteiger partial charge in [-0.25, -0.2) is 9.38 Å². The summed E-state index contributed by atoms with van der Waals surface area (Å²) in [5, 5.41) is 5.69. The van der Waals surface area contributed by atoms with E-state index in [1.54, 1.807) is 17.4 Å². The molecule has 3 aromatic carbocycles. The van der Waals surface area contributed by atoms with Gasteiger partial charge in [0.1, 0.15) is 16.7 Å². The van der Waals surface area contributed by atoms with Gasteiger partial charge in [0, 0.05) is 42.8 Å². The maximum absolute atomic E-state index is 14.0. The molecule has 1 saturated heterocycles. The first kappa shape index (κ1) is 19.5. The topological polar surface area (TPSA) is 30.9 Å². The van der Waals surface area contributed by atoms with Crippen molar-refractivity contribution in [3.05, 3.63) is 89.7 Å². The molecule has 0 spiro atoms. The SMILES string of the molecule is Fc1ccc2c(c1)Nc1sc3ccccc3c1C(N1CCN(Cc3ccccc3)CC1)=N2. The molecule has 4 aromatic rings. The maximum Gasteiger partial charge on any atom is 0.140 e. The largest absolute Gasteiger partial charge is 0.353 e. The molecule has 0 bridgehead atoms. The van der Waals surface area contributed by atoms with Crippen molar-refractivity contribution in [3.63, 3.8) is 0 Å². The lowest BCUT2D eigenvalue weighted by atomic mass is 10.1. The normalized spacial score (nSPS) is 16.2. The van der Waals surface area contributed by atoms with Crippen LogP contribution in [-0.4, -0.2) is 41.8 Å². The molecule has 160 valence electrons. The van der Waals surface area contributed by atoms with Crippen molar-refractivity contribution >= 4 is 43.6 Å². The van der Waals surface area contributed by atoms with Crippen molar-refractivity contribution in [1.82, 2.24) is 9.80 Å². The smallest absolute Gasteiger partial charge is 0.140 e. The van der Waals surface area contributed by atoms with E-state index in [2.05, 4.69) is 69.7 Å². The number of halogens is 1. The fourth-order valence-corrected chi connectivity index (χ4v) is 5.65. The van der Waals surface area contributed by atoms with Crippen LogP contribution in [0.3, 0.4) is 0 Å². The summed E-state index contributed by atoms with van der Waals surface area (Å²) in [4.78, 5) is 9.96. The van der Waals surface area contributed by atoms with E-state index >= 15 is 0 Å². The molecule has 1 N–H and O–H groups in total. The lowest BCUT2D eigenvalue weighted by Gasteiger charge is -2.36. The molecule has 2 aliphatic heterocycles. The van der Waals surface area contributed by atoms with Crippen LogP contribution in [0.1, 0.15) is 11.1 Å². The highest BCUT2D eigenvalue weighted by atomic mass is 32.1. The van der Waals surface area contributed by atoms with E-state index in [4.69, 9.17) is 4.99 Å². The molecule has 0 radical (unpaired) electrons. The van der Waals surface area contributed by atoms with Gasteiger partial charge in [-0.3, -0.25) is 4.90 Å². The van der Waals surface area contributed by atoms with Crippen LogP contribution >= 0.6 is 11.3 Å². The van der Waals surface area contributed by atoms with Crippen molar-refractivity contribution in [2.75, 3.05) is 31.5 Å². The summed E-state index contributed by atoms with van der Waals surface area (Å²) in [6.45, 7) is 4.75. The van der Waals surface area contributed by atoms with Gasteiger partial charge >= 0.3 is 0 Å². The average molecular weight is 443 g/mol. The van der Waals surface area contributed by atoms with E-state index in [1.807, 2.05) is 0 Å². The minimum absolute atomic E-state index is 0.257. The van der Waals surface area contributed by atoms with Crippen LogP contribution in [-0.2, 0) is 6.54 Å². The Kier molecular flexibility index (Phi) is 4.89. The Morgan fingerprint density at radius 3 is 2.53 bits per heavy atom. The zero-order valence-corrected chi connectivity index (χ0v) is 18.4. The van der Waals surface area contributed by atoms with Gasteiger partial charge in [-0.1, -0.05) is 48.5 Å². The second kappa shape index (κ2) is 8.04. The van der Waals surface area contributed by atoms with E-state index in [0.717, 1.165) is 60.5 Å². The predicted molar refractivity (Wildman–Crippen MR) is 131 cm³/mol. The molecule has 0 unspecified atom stereocenters. The lowest BCUT2D eigenvalue weighted by Crippen LogP contribution is -2.48. The van der Waals surface area contributed by atoms with Gasteiger partial charge in [-0.2, -0.15) is 0 Å². The highest BCUT2D eigenvalue weighted by Gasteiger charge is 2.28. The van der Waals surface area contributed by atoms with Gasteiger partial charge in [0.05, 0.1) is 16.9 Å². The van der Waals surface area contributed by atoms with E-state index < -0.39 is 0 Å². The Morgan fingerprint density at radius 2 is 1.69 bits per heavy atom. The van der Waals surface area contributed by atoms with Crippen molar-refractivity contribution < 1.29 is 4.39 Å². The molecular weight excluding hydrogens is 419 g/mol. The Labute approximate surface area is 190 Å². The number of thiophene rings is 1. The second-order valence-corrected chi connectivity index (χ2v) is 9.33. The summed E-state index contributed by atoms with van der Waals surface area (Å²) in [6, 6.07) is 23.8. The molecule has 0 saturated carbocycles. The number of benzene rings is 3. The average Bonchev–Trinajstić information content (AvgIpc) is 3.09. The van der Waals surface area contributed by atoms with Crippen LogP contribution in [0.15, 0.2) is 77.8 Å². The summed E-state index contributed by atoms with van der Waals surface area (Å²) in [5.41, 5.74) is 3.97. The van der Waals surface area contributed by atoms with Crippen LogP contribution in [0.2, 0.25) is 0 Å². The first-order chi connectivity index (χ1) is 15.7. The quantitative estimate of drug-likeness (QED) is 0.413. The zero-order valence-electron chi connectivity index (χ0n) is 17.6. The first-order valence-corrected chi connectivity index (χ1v) is 11.7. The summed E-state index contributed by atoms with van der Waals surface area (Å²) in [5.74, 6) is 0.724. The third-order valence-corrected chi connectivity index (χ3v) is 7.26. The van der Waals surface area contributed by atoms with Gasteiger partial charge in [-0.05, 0) is 29.8 Å². The third-order valence-electron chi connectivity index (χ3n) is 6.17. The van der Waals surface area contributed by atoms with Gasteiger partial charge in [0.25, 0.3) is 0 Å². The Morgan fingerprint density at radius 1 is 0.906 bits per heavy atom. The molecule has 0 amide bonds. The monoisotopic (exact) mass is 442 g/mol. The van der Waals surface area contributed by atoms with Crippen LogP contribution < -0.4 is 5.32 Å². The van der Waals surface area contributed by atoms with Crippen LogP contribution in [0, 0.1) is 5.82 Å². The highest BCUT2D eigenvalue weighted by molar-refractivity contribution is 7.23. The summed E-state index contributed by atoms with van der Waals surface area (Å²) in [6.07, 6.45) is 0. The van der Waals surface area contributed by atoms with E-state index in [1.165, 1.54) is 27.8 Å². The number of nitrogens with zero attached hydrogens (tertiary/aromatic N) is 3. The number of aliphatic imine (C=N–C) groups is 1. The molecule has 0 atom stereocenters. The van der Waals surface area contributed by atoms with Crippen LogP contribution in [0.4, 0.5) is 20.8 Å². The molecule has 1 aromatic heterocycles. The number of piperazine rings is 1. The molecule has 3 heterocycles. The Balaban J connectivity index is 1.35. The number of anilines is 2. The number of hydrogen-bond acceptors (Lipinski definition) is 5. The predicted octanol–water partition coefficient (Wildman–Crippen LogP) is 5.99. The van der Waals surface area contributed by atoms with E-state index in [-0.39, 0.29) is 5.82 Å². The number of hydrogen-bond donors (Lipinski definition) is 1. The van der Waals surface area contributed by atoms with Gasteiger partial charge in [-0.15, -0.1) is 11.3 Å². The van der Waals surface area contributed by atoms with Gasteiger partial charge < -0.3 is 10.2 Å². The van der Waals surface area contributed by atoms with Crippen molar-refractivity contribution in [2.45, 2.75) is 6.54 Å². The second-order valence-electron chi connectivity index (χ2n) is 8.27. The van der Waals surface area contributed by atoms with Gasteiger partial charge in [0.2, 0.25) is 0 Å². The van der Waals surface area contributed by atoms with Crippen molar-refractivity contribution in [1.29, 1.82) is 0 Å². The molecule has 0 aliphatic carbocycles. The molecular formula is C26H23FN4S.